The zero-order valence-corrected chi connectivity index (χ0v) is 16.8. The summed E-state index contributed by atoms with van der Waals surface area (Å²) in [6, 6.07) is 12.1. The fourth-order valence-corrected chi connectivity index (χ4v) is 3.70. The molecule has 0 fully saturated rings. The van der Waals surface area contributed by atoms with Crippen molar-refractivity contribution in [2.45, 2.75) is 20.0 Å². The van der Waals surface area contributed by atoms with Crippen LogP contribution in [0.15, 0.2) is 47.2 Å². The van der Waals surface area contributed by atoms with Gasteiger partial charge in [-0.1, -0.05) is 28.1 Å². The van der Waals surface area contributed by atoms with Gasteiger partial charge in [0.25, 0.3) is 0 Å². The van der Waals surface area contributed by atoms with Gasteiger partial charge in [0.05, 0.1) is 28.7 Å². The number of benzene rings is 1. The molecule has 0 aliphatic carbocycles. The van der Waals surface area contributed by atoms with Crippen LogP contribution in [0, 0.1) is 0 Å². The molecule has 0 radical (unpaired) electrons. The minimum absolute atomic E-state index is 0.0383. The van der Waals surface area contributed by atoms with Gasteiger partial charge in [-0.3, -0.25) is 0 Å². The Balaban J connectivity index is 1.67. The van der Waals surface area contributed by atoms with Crippen LogP contribution in [0.4, 0.5) is 5.82 Å². The molecule has 0 aliphatic rings. The van der Waals surface area contributed by atoms with Gasteiger partial charge in [-0.15, -0.1) is 11.3 Å². The summed E-state index contributed by atoms with van der Waals surface area (Å²) >= 11 is 4.93. The van der Waals surface area contributed by atoms with Gasteiger partial charge in [-0.05, 0) is 31.0 Å². The number of thiophene rings is 1. The highest BCUT2D eigenvalue weighted by Gasteiger charge is 2.12. The number of aromatic nitrogens is 2. The molecule has 3 rings (SSSR count). The van der Waals surface area contributed by atoms with Crippen LogP contribution >= 0.6 is 27.3 Å². The van der Waals surface area contributed by atoms with Crippen LogP contribution < -0.4 is 10.1 Å². The Morgan fingerprint density at radius 2 is 2.00 bits per heavy atom. The third-order valence-corrected chi connectivity index (χ3v) is 5.42. The number of aliphatic hydroxyl groups excluding tert-OH is 1. The average molecular weight is 434 g/mol. The lowest BCUT2D eigenvalue weighted by atomic mass is 10.1. The second kappa shape index (κ2) is 9.12. The molecule has 0 saturated carbocycles. The van der Waals surface area contributed by atoms with E-state index in [1.54, 1.807) is 6.33 Å². The van der Waals surface area contributed by atoms with Crippen molar-refractivity contribution in [3.05, 3.63) is 57.6 Å². The topological polar surface area (TPSA) is 67.3 Å². The highest BCUT2D eigenvalue weighted by molar-refractivity contribution is 9.10. The van der Waals surface area contributed by atoms with Gasteiger partial charge >= 0.3 is 0 Å². The maximum atomic E-state index is 9.48. The molecule has 0 spiro atoms. The number of nitrogens with zero attached hydrogens (tertiary/aromatic N) is 2. The van der Waals surface area contributed by atoms with Gasteiger partial charge in [0, 0.05) is 23.2 Å². The SMILES string of the molecule is CCOc1cc(-c2cc(NCCc3ccc(Br)cc3)ncn2)sc1CO. The molecule has 2 heterocycles. The van der Waals surface area contributed by atoms with E-state index in [0.29, 0.717) is 6.61 Å². The molecule has 0 saturated heterocycles. The summed E-state index contributed by atoms with van der Waals surface area (Å²) in [6.45, 7) is 3.24. The van der Waals surface area contributed by atoms with E-state index in [9.17, 15) is 5.11 Å². The summed E-state index contributed by atoms with van der Waals surface area (Å²) in [7, 11) is 0. The number of halogens is 1. The molecule has 2 N–H and O–H groups in total. The molecule has 2 aromatic heterocycles. The zero-order chi connectivity index (χ0) is 18.4. The van der Waals surface area contributed by atoms with Gasteiger partial charge in [-0.2, -0.15) is 0 Å². The van der Waals surface area contributed by atoms with Crippen molar-refractivity contribution >= 4 is 33.1 Å². The van der Waals surface area contributed by atoms with Crippen molar-refractivity contribution in [3.63, 3.8) is 0 Å². The predicted molar refractivity (Wildman–Crippen MR) is 109 cm³/mol. The average Bonchev–Trinajstić information content (AvgIpc) is 3.07. The maximum Gasteiger partial charge on any atom is 0.136 e. The van der Waals surface area contributed by atoms with Crippen molar-refractivity contribution in [2.75, 3.05) is 18.5 Å². The summed E-state index contributed by atoms with van der Waals surface area (Å²) in [5, 5.41) is 12.8. The van der Waals surface area contributed by atoms with Crippen LogP contribution in [0.3, 0.4) is 0 Å². The zero-order valence-electron chi connectivity index (χ0n) is 14.4. The number of anilines is 1. The van der Waals surface area contributed by atoms with Gasteiger partial charge in [0.1, 0.15) is 17.9 Å². The van der Waals surface area contributed by atoms with E-state index in [-0.39, 0.29) is 6.61 Å². The van der Waals surface area contributed by atoms with E-state index < -0.39 is 0 Å². The molecule has 0 unspecified atom stereocenters. The molecule has 5 nitrogen and oxygen atoms in total. The summed E-state index contributed by atoms with van der Waals surface area (Å²) < 4.78 is 6.65. The highest BCUT2D eigenvalue weighted by atomic mass is 79.9. The first kappa shape index (κ1) is 18.8. The predicted octanol–water partition coefficient (Wildman–Crippen LogP) is 4.51. The third-order valence-electron chi connectivity index (χ3n) is 3.77. The second-order valence-electron chi connectivity index (χ2n) is 5.58. The van der Waals surface area contributed by atoms with Gasteiger partial charge in [-0.25, -0.2) is 9.97 Å². The van der Waals surface area contributed by atoms with E-state index >= 15 is 0 Å². The minimum atomic E-state index is -0.0383. The molecule has 7 heteroatoms. The summed E-state index contributed by atoms with van der Waals surface area (Å²) in [4.78, 5) is 10.4. The Labute approximate surface area is 165 Å². The molecule has 0 amide bonds. The Hall–Kier alpha value is -1.96. The summed E-state index contributed by atoms with van der Waals surface area (Å²) in [5.41, 5.74) is 2.08. The molecule has 0 atom stereocenters. The number of hydrogen-bond acceptors (Lipinski definition) is 6. The van der Waals surface area contributed by atoms with E-state index in [0.717, 1.165) is 44.5 Å². The van der Waals surface area contributed by atoms with Crippen molar-refractivity contribution in [2.24, 2.45) is 0 Å². The highest BCUT2D eigenvalue weighted by Crippen LogP contribution is 2.35. The second-order valence-corrected chi connectivity index (χ2v) is 7.63. The first-order chi connectivity index (χ1) is 12.7. The first-order valence-electron chi connectivity index (χ1n) is 8.36. The molecule has 3 aromatic rings. The Morgan fingerprint density at radius 3 is 2.73 bits per heavy atom. The minimum Gasteiger partial charge on any atom is -0.493 e. The quantitative estimate of drug-likeness (QED) is 0.546. The Morgan fingerprint density at radius 1 is 1.19 bits per heavy atom. The van der Waals surface area contributed by atoms with Crippen LogP contribution in [0.25, 0.3) is 10.6 Å². The van der Waals surface area contributed by atoms with Crippen molar-refractivity contribution in [1.29, 1.82) is 0 Å². The fraction of sp³-hybridized carbons (Fsp3) is 0.263. The van der Waals surface area contributed by atoms with Gasteiger partial charge < -0.3 is 15.2 Å². The monoisotopic (exact) mass is 433 g/mol. The molecular formula is C19H20BrN3O2S. The van der Waals surface area contributed by atoms with E-state index in [4.69, 9.17) is 4.74 Å². The van der Waals surface area contributed by atoms with Crippen LogP contribution in [0.2, 0.25) is 0 Å². The third kappa shape index (κ3) is 4.81. The number of rotatable bonds is 8. The number of hydrogen-bond donors (Lipinski definition) is 2. The molecule has 1 aromatic carbocycles. The summed E-state index contributed by atoms with van der Waals surface area (Å²) in [5.74, 6) is 1.50. The maximum absolute atomic E-state index is 9.48. The van der Waals surface area contributed by atoms with Crippen molar-refractivity contribution in [1.82, 2.24) is 9.97 Å². The van der Waals surface area contributed by atoms with Gasteiger partial charge in [0.15, 0.2) is 0 Å². The fourth-order valence-electron chi connectivity index (χ4n) is 2.50. The Bertz CT molecular complexity index is 852. The van der Waals surface area contributed by atoms with Crippen molar-refractivity contribution < 1.29 is 9.84 Å². The number of nitrogens with one attached hydrogen (secondary N) is 1. The van der Waals surface area contributed by atoms with E-state index in [1.807, 2.05) is 31.2 Å². The molecule has 136 valence electrons. The Kier molecular flexibility index (Phi) is 6.60. The first-order valence-corrected chi connectivity index (χ1v) is 9.97. The lowest BCUT2D eigenvalue weighted by molar-refractivity contribution is 0.272. The van der Waals surface area contributed by atoms with Crippen LogP contribution in [0.5, 0.6) is 5.75 Å². The molecular weight excluding hydrogens is 414 g/mol. The normalized spacial score (nSPS) is 10.7. The summed E-state index contributed by atoms with van der Waals surface area (Å²) in [6.07, 6.45) is 2.46. The number of aliphatic hydroxyl groups is 1. The molecule has 0 bridgehead atoms. The lowest BCUT2D eigenvalue weighted by Gasteiger charge is -2.06. The van der Waals surface area contributed by atoms with E-state index in [2.05, 4.69) is 43.3 Å². The van der Waals surface area contributed by atoms with Crippen LogP contribution in [-0.4, -0.2) is 28.2 Å². The van der Waals surface area contributed by atoms with E-state index in [1.165, 1.54) is 16.9 Å². The number of ether oxygens (including phenoxy) is 1. The smallest absolute Gasteiger partial charge is 0.136 e. The largest absolute Gasteiger partial charge is 0.493 e. The van der Waals surface area contributed by atoms with Crippen LogP contribution in [0.1, 0.15) is 17.4 Å². The van der Waals surface area contributed by atoms with Crippen LogP contribution in [-0.2, 0) is 13.0 Å². The standard InChI is InChI=1S/C19H20BrN3O2S/c1-2-25-16-10-17(26-18(16)11-24)15-9-19(23-12-22-15)21-8-7-13-3-5-14(20)6-4-13/h3-6,9-10,12,24H,2,7-8,11H2,1H3,(H,21,22,23). The lowest BCUT2D eigenvalue weighted by Crippen LogP contribution is -2.06. The molecule has 0 aliphatic heterocycles. The van der Waals surface area contributed by atoms with Gasteiger partial charge in [0.2, 0.25) is 0 Å². The van der Waals surface area contributed by atoms with Crippen molar-refractivity contribution in [3.8, 4) is 16.3 Å². The molecule has 26 heavy (non-hydrogen) atoms.